The van der Waals surface area contributed by atoms with Gasteiger partial charge < -0.3 is 10.1 Å². The number of carbonyl (C=O) groups is 1. The van der Waals surface area contributed by atoms with E-state index in [9.17, 15) is 26.0 Å². The first-order valence-electron chi connectivity index (χ1n) is 9.28. The number of anilines is 1. The van der Waals surface area contributed by atoms with Crippen LogP contribution in [-0.4, -0.2) is 49.5 Å². The molecule has 0 spiro atoms. The summed E-state index contributed by atoms with van der Waals surface area (Å²) in [5.41, 5.74) is 0.365. The van der Waals surface area contributed by atoms with E-state index in [1.807, 2.05) is 0 Å². The van der Waals surface area contributed by atoms with Crippen LogP contribution in [0.5, 0.6) is 0 Å². The maximum absolute atomic E-state index is 12.9. The monoisotopic (exact) mass is 473 g/mol. The molecular formula is C19H24FN3O6S2. The number of hydrogen-bond donors (Lipinski definition) is 3. The summed E-state index contributed by atoms with van der Waals surface area (Å²) in [5.74, 6) is -1.02. The van der Waals surface area contributed by atoms with E-state index >= 15 is 0 Å². The van der Waals surface area contributed by atoms with Gasteiger partial charge >= 0.3 is 0 Å². The van der Waals surface area contributed by atoms with Gasteiger partial charge in [-0.3, -0.25) is 4.79 Å². The highest BCUT2D eigenvalue weighted by Gasteiger charge is 2.15. The van der Waals surface area contributed by atoms with Crippen LogP contribution in [0.4, 0.5) is 10.1 Å². The lowest BCUT2D eigenvalue weighted by molar-refractivity contribution is -0.116. The molecule has 2 rings (SSSR count). The third-order valence-electron chi connectivity index (χ3n) is 4.03. The first-order chi connectivity index (χ1) is 14.6. The highest BCUT2D eigenvalue weighted by atomic mass is 32.2. The molecule has 0 aromatic heterocycles. The number of hydrogen-bond acceptors (Lipinski definition) is 6. The number of rotatable bonds is 12. The molecule has 0 saturated heterocycles. The maximum Gasteiger partial charge on any atom is 0.240 e. The van der Waals surface area contributed by atoms with Crippen molar-refractivity contribution in [1.29, 1.82) is 0 Å². The lowest BCUT2D eigenvalue weighted by atomic mass is 10.3. The fraction of sp³-hybridized carbons (Fsp3) is 0.316. The van der Waals surface area contributed by atoms with Crippen LogP contribution >= 0.6 is 0 Å². The van der Waals surface area contributed by atoms with Gasteiger partial charge in [0.15, 0.2) is 0 Å². The first-order valence-corrected chi connectivity index (χ1v) is 12.2. The average Bonchev–Trinajstić information content (AvgIpc) is 2.72. The molecule has 0 bridgehead atoms. The van der Waals surface area contributed by atoms with E-state index < -0.39 is 31.8 Å². The Bertz CT molecular complexity index is 1070. The molecule has 1 amide bonds. The molecule has 0 saturated carbocycles. The van der Waals surface area contributed by atoms with Gasteiger partial charge in [-0.15, -0.1) is 0 Å². The predicted molar refractivity (Wildman–Crippen MR) is 113 cm³/mol. The molecule has 0 atom stereocenters. The van der Waals surface area contributed by atoms with Crippen LogP contribution < -0.4 is 14.8 Å². The smallest absolute Gasteiger partial charge is 0.240 e. The van der Waals surface area contributed by atoms with Crippen molar-refractivity contribution in [2.45, 2.75) is 22.6 Å². The van der Waals surface area contributed by atoms with Crippen molar-refractivity contribution >= 4 is 31.6 Å². The van der Waals surface area contributed by atoms with Gasteiger partial charge in [0, 0.05) is 38.9 Å². The summed E-state index contributed by atoms with van der Waals surface area (Å²) in [7, 11) is -5.99. The Kier molecular flexibility index (Phi) is 9.07. The van der Waals surface area contributed by atoms with Crippen molar-refractivity contribution in [1.82, 2.24) is 9.44 Å². The van der Waals surface area contributed by atoms with Crippen molar-refractivity contribution in [3.63, 3.8) is 0 Å². The summed E-state index contributed by atoms with van der Waals surface area (Å²) in [4.78, 5) is 12.0. The zero-order valence-electron chi connectivity index (χ0n) is 16.8. The Morgan fingerprint density at radius 2 is 1.39 bits per heavy atom. The number of sulfonamides is 2. The third-order valence-corrected chi connectivity index (χ3v) is 6.99. The van der Waals surface area contributed by atoms with Gasteiger partial charge in [-0.25, -0.2) is 30.7 Å². The number of halogens is 1. The van der Waals surface area contributed by atoms with E-state index in [4.69, 9.17) is 4.74 Å². The number of nitrogens with one attached hydrogen (secondary N) is 3. The van der Waals surface area contributed by atoms with Gasteiger partial charge in [0.25, 0.3) is 0 Å². The first kappa shape index (κ1) is 24.9. The van der Waals surface area contributed by atoms with Gasteiger partial charge in [-0.05, 0) is 55.0 Å². The number of amides is 1. The predicted octanol–water partition coefficient (Wildman–Crippen LogP) is 1.45. The summed E-state index contributed by atoms with van der Waals surface area (Å²) in [6.45, 7) is 0.513. The fourth-order valence-corrected chi connectivity index (χ4v) is 4.55. The maximum atomic E-state index is 12.9. The van der Waals surface area contributed by atoms with Crippen LogP contribution in [0.1, 0.15) is 12.8 Å². The molecule has 9 nitrogen and oxygen atoms in total. The zero-order valence-corrected chi connectivity index (χ0v) is 18.4. The molecule has 0 fully saturated rings. The summed E-state index contributed by atoms with van der Waals surface area (Å²) >= 11 is 0. The lowest BCUT2D eigenvalue weighted by Gasteiger charge is -2.09. The number of benzene rings is 2. The Morgan fingerprint density at radius 3 is 1.94 bits per heavy atom. The molecule has 170 valence electrons. The minimum Gasteiger partial charge on any atom is -0.385 e. The van der Waals surface area contributed by atoms with Gasteiger partial charge in [0.2, 0.25) is 26.0 Å². The second kappa shape index (κ2) is 11.3. The molecule has 12 heteroatoms. The Labute approximate surface area is 181 Å². The molecule has 3 N–H and O–H groups in total. The molecule has 0 aliphatic rings. The summed E-state index contributed by atoms with van der Waals surface area (Å²) < 4.78 is 71.0. The van der Waals surface area contributed by atoms with Crippen molar-refractivity contribution in [2.75, 3.05) is 32.1 Å². The van der Waals surface area contributed by atoms with Crippen molar-refractivity contribution in [3.05, 3.63) is 54.3 Å². The minimum atomic E-state index is -3.86. The SMILES string of the molecule is COCCCNS(=O)(=O)c1ccc(NC(=O)CCNS(=O)(=O)c2ccc(F)cc2)cc1. The van der Waals surface area contributed by atoms with Gasteiger partial charge in [-0.1, -0.05) is 0 Å². The van der Waals surface area contributed by atoms with Crippen molar-refractivity contribution in [2.24, 2.45) is 0 Å². The van der Waals surface area contributed by atoms with E-state index in [1.165, 1.54) is 31.4 Å². The molecule has 31 heavy (non-hydrogen) atoms. The molecule has 0 heterocycles. The van der Waals surface area contributed by atoms with Gasteiger partial charge in [0.1, 0.15) is 5.82 Å². The largest absolute Gasteiger partial charge is 0.385 e. The second-order valence-electron chi connectivity index (χ2n) is 6.42. The van der Waals surface area contributed by atoms with E-state index in [1.54, 1.807) is 0 Å². The topological polar surface area (TPSA) is 131 Å². The summed E-state index contributed by atoms with van der Waals surface area (Å²) in [6.07, 6.45) is 0.385. The third kappa shape index (κ3) is 7.99. The molecule has 2 aromatic rings. The van der Waals surface area contributed by atoms with Gasteiger partial charge in [0.05, 0.1) is 9.79 Å². The van der Waals surface area contributed by atoms with E-state index in [-0.39, 0.29) is 29.3 Å². The van der Waals surface area contributed by atoms with Crippen LogP contribution in [0.25, 0.3) is 0 Å². The number of methoxy groups -OCH3 is 1. The standard InChI is InChI=1S/C19H24FN3O6S2/c1-29-14-2-12-21-30(25,26)18-9-5-16(6-10-18)23-19(24)11-13-22-31(27,28)17-7-3-15(20)4-8-17/h3-10,21-22H,2,11-14H2,1H3,(H,23,24). The highest BCUT2D eigenvalue weighted by molar-refractivity contribution is 7.89. The minimum absolute atomic E-state index is 0.0509. The quantitative estimate of drug-likeness (QED) is 0.400. The molecular weight excluding hydrogens is 449 g/mol. The molecule has 0 aliphatic heterocycles. The normalized spacial score (nSPS) is 11.9. The summed E-state index contributed by atoms with van der Waals surface area (Å²) in [5, 5.41) is 2.56. The van der Waals surface area contributed by atoms with Crippen LogP contribution in [-0.2, 0) is 29.6 Å². The van der Waals surface area contributed by atoms with Crippen molar-refractivity contribution < 1.29 is 30.8 Å². The highest BCUT2D eigenvalue weighted by Crippen LogP contribution is 2.14. The van der Waals surface area contributed by atoms with Crippen LogP contribution in [0.2, 0.25) is 0 Å². The van der Waals surface area contributed by atoms with E-state index in [0.717, 1.165) is 24.3 Å². The molecule has 0 aliphatic carbocycles. The van der Waals surface area contributed by atoms with Crippen LogP contribution in [0.15, 0.2) is 58.3 Å². The Hall–Kier alpha value is -2.38. The number of ether oxygens (including phenoxy) is 1. The second-order valence-corrected chi connectivity index (χ2v) is 9.95. The summed E-state index contributed by atoms with van der Waals surface area (Å²) in [6, 6.07) is 9.88. The Balaban J connectivity index is 1.83. The van der Waals surface area contributed by atoms with Gasteiger partial charge in [-0.2, -0.15) is 0 Å². The van der Waals surface area contributed by atoms with Crippen molar-refractivity contribution in [3.8, 4) is 0 Å². The fourth-order valence-electron chi connectivity index (χ4n) is 2.44. The number of carbonyl (C=O) groups excluding carboxylic acids is 1. The average molecular weight is 474 g/mol. The van der Waals surface area contributed by atoms with Crippen LogP contribution in [0, 0.1) is 5.82 Å². The van der Waals surface area contributed by atoms with Crippen LogP contribution in [0.3, 0.4) is 0 Å². The molecule has 0 unspecified atom stereocenters. The molecule has 0 radical (unpaired) electrons. The lowest BCUT2D eigenvalue weighted by Crippen LogP contribution is -2.28. The van der Waals surface area contributed by atoms with E-state index in [2.05, 4.69) is 14.8 Å². The zero-order chi connectivity index (χ0) is 22.9. The Morgan fingerprint density at radius 1 is 0.871 bits per heavy atom. The molecule has 2 aromatic carbocycles. The van der Waals surface area contributed by atoms with E-state index in [0.29, 0.717) is 18.7 Å².